The largest absolute Gasteiger partial charge is 0.478 e. The zero-order valence-electron chi connectivity index (χ0n) is 39.8. The molecule has 0 atom stereocenters. The lowest BCUT2D eigenvalue weighted by molar-refractivity contribution is 0.0686. The van der Waals surface area contributed by atoms with E-state index in [2.05, 4.69) is 24.3 Å². The molecule has 4 heteroatoms. The van der Waals surface area contributed by atoms with Crippen LogP contribution in [-0.4, -0.2) is 22.2 Å². The minimum Gasteiger partial charge on any atom is -0.478 e. The summed E-state index contributed by atoms with van der Waals surface area (Å²) in [5.41, 5.74) is 6.89. The molecular weight excluding hydrogens is 965 g/mol. The van der Waals surface area contributed by atoms with Crippen molar-refractivity contribution in [3.63, 3.8) is 0 Å². The van der Waals surface area contributed by atoms with Crippen LogP contribution in [0, 0.1) is 0 Å². The molecule has 0 radical (unpaired) electrons. The second kappa shape index (κ2) is 7.02. The second-order valence-electron chi connectivity index (χ2n) is 27.8. The Hall–Kier alpha value is -10.2. The van der Waals surface area contributed by atoms with Gasteiger partial charge in [-0.25, -0.2) is 9.59 Å². The number of carboxylic acids is 2. The van der Waals surface area contributed by atoms with Crippen molar-refractivity contribution in [2.45, 2.75) is 16.2 Å². The molecule has 334 valence electrons. The van der Waals surface area contributed by atoms with E-state index in [9.17, 15) is 19.8 Å². The number of hydrogen-bond donors (Lipinski definition) is 2. The Labute approximate surface area is 429 Å². The second-order valence-corrected chi connectivity index (χ2v) is 27.8. The summed E-state index contributed by atoms with van der Waals surface area (Å²) in [6, 6.07) is 16.4. The van der Waals surface area contributed by atoms with Crippen molar-refractivity contribution >= 4 is 303 Å². The maximum atomic E-state index is 13.1. The van der Waals surface area contributed by atoms with Gasteiger partial charge >= 0.3 is 11.9 Å². The van der Waals surface area contributed by atoms with Gasteiger partial charge in [-0.1, -0.05) is 24.3 Å². The molecule has 1 fully saturated rings. The molecule has 0 saturated heterocycles. The van der Waals surface area contributed by atoms with Gasteiger partial charge in [-0.2, -0.15) is 0 Å². The molecule has 0 aromatic heterocycles. The van der Waals surface area contributed by atoms with Crippen LogP contribution in [0.15, 0.2) is 48.5 Å². The molecule has 1 saturated carbocycles. The zero-order chi connectivity index (χ0) is 48.1. The number of rotatable bonds is 4. The number of hydrogen-bond acceptors (Lipinski definition) is 2. The van der Waals surface area contributed by atoms with Crippen LogP contribution < -0.4 is 0 Å². The monoisotopic (exact) mass is 974 g/mol. The van der Waals surface area contributed by atoms with Crippen LogP contribution >= 0.6 is 0 Å². The van der Waals surface area contributed by atoms with Crippen LogP contribution in [0.3, 0.4) is 0 Å². The first-order valence-electron chi connectivity index (χ1n) is 28.5. The van der Waals surface area contributed by atoms with Crippen LogP contribution in [0.1, 0.15) is 54.1 Å². The van der Waals surface area contributed by atoms with E-state index in [1.165, 1.54) is 152 Å². The standard InChI is InChI=1S/C75H10O4/c76-71(77)9-1-5-11(6-2-9)73(12-7-3-10(4-8-12)72(78)79)74-67-59-51-41-31-23-15-13-14-17-21-19(15)27-35-29(21)39-33-25(17)26-18(14)22-20-16(13)24(23)32-38-28(20)36-30(22)40-34(26)44-43(33)53-47(39)57-49(35)55(45(51)37(27)31)63(67)65(57)69-61(53)62-54(44)48(40)58-50(36)56-46(38)52(42(32)41)60(59)68(74)64(56)66(58)70(62)75(69,73)74/h1-8H,(H,76,77)(H,78,79). The molecule has 2 spiro atoms. The molecule has 0 aliphatic heterocycles. The Morgan fingerprint density at radius 2 is 0.316 bits per heavy atom. The number of aromatic carboxylic acids is 2. The fourth-order valence-corrected chi connectivity index (χ4v) is 27.3. The Kier molecular flexibility index (Phi) is 2.71. The molecule has 0 heterocycles. The Morgan fingerprint density at radius 1 is 0.190 bits per heavy atom. The first-order chi connectivity index (χ1) is 39.1. The predicted molar refractivity (Wildman–Crippen MR) is 321 cm³/mol. The predicted octanol–water partition coefficient (Wildman–Crippen LogP) is 18.7. The highest BCUT2D eigenvalue weighted by atomic mass is 16.4. The van der Waals surface area contributed by atoms with E-state index < -0.39 is 28.2 Å². The maximum absolute atomic E-state index is 13.1. The lowest BCUT2D eigenvalue weighted by Crippen LogP contribution is -2.27. The highest BCUT2D eigenvalue weighted by Crippen LogP contribution is 2.97. The summed E-state index contributed by atoms with van der Waals surface area (Å²) in [7, 11) is 0. The summed E-state index contributed by atoms with van der Waals surface area (Å²) in [5.74, 6) is -1.85. The Morgan fingerprint density at radius 3 is 0.443 bits per heavy atom. The normalized spacial score (nSPS) is 19.1. The van der Waals surface area contributed by atoms with Crippen LogP contribution in [0.5, 0.6) is 0 Å². The van der Waals surface area contributed by atoms with Crippen molar-refractivity contribution < 1.29 is 19.8 Å². The van der Waals surface area contributed by atoms with Crippen LogP contribution in [0.4, 0.5) is 0 Å². The van der Waals surface area contributed by atoms with Gasteiger partial charge in [0.25, 0.3) is 0 Å². The molecule has 5 aliphatic rings. The van der Waals surface area contributed by atoms with Gasteiger partial charge in [0.1, 0.15) is 0 Å². The summed E-state index contributed by atoms with van der Waals surface area (Å²) in [4.78, 5) is 26.2. The molecule has 30 aromatic rings. The number of benzene rings is 20. The summed E-state index contributed by atoms with van der Waals surface area (Å²) < 4.78 is 0. The van der Waals surface area contributed by atoms with Crippen molar-refractivity contribution in [1.29, 1.82) is 0 Å². The fourth-order valence-electron chi connectivity index (χ4n) is 27.3. The van der Waals surface area contributed by atoms with Gasteiger partial charge < -0.3 is 10.2 Å². The van der Waals surface area contributed by atoms with E-state index in [1.807, 2.05) is 24.3 Å². The number of carboxylic acid groups (broad SMARTS) is 2. The summed E-state index contributed by atoms with van der Waals surface area (Å²) in [6.07, 6.45) is 0. The van der Waals surface area contributed by atoms with Gasteiger partial charge in [-0.15, -0.1) is 0 Å². The molecule has 35 rings (SSSR count). The topological polar surface area (TPSA) is 74.6 Å². The Bertz CT molecular complexity index is 7430. The molecule has 4 nitrogen and oxygen atoms in total. The van der Waals surface area contributed by atoms with Gasteiger partial charge in [0.2, 0.25) is 0 Å². The smallest absolute Gasteiger partial charge is 0.335 e. The third-order valence-electron chi connectivity index (χ3n) is 27.5. The molecular formula is C75H10O4. The molecule has 0 bridgehead atoms. The van der Waals surface area contributed by atoms with Crippen molar-refractivity contribution in [3.05, 3.63) is 93.0 Å². The van der Waals surface area contributed by atoms with Crippen LogP contribution in [0.25, 0.3) is 291 Å². The van der Waals surface area contributed by atoms with Gasteiger partial charge in [0, 0.05) is 0 Å². The van der Waals surface area contributed by atoms with E-state index in [-0.39, 0.29) is 11.1 Å². The van der Waals surface area contributed by atoms with Gasteiger partial charge in [-0.05, 0) is 349 Å². The van der Waals surface area contributed by atoms with Gasteiger partial charge in [-0.3, -0.25) is 0 Å². The fraction of sp³-hybridized carbons (Fsp3) is 0.0400. The Balaban J connectivity index is 1.07. The third-order valence-corrected chi connectivity index (χ3v) is 27.5. The van der Waals surface area contributed by atoms with E-state index >= 15 is 0 Å². The molecule has 5 aliphatic carbocycles. The molecule has 0 unspecified atom stereocenters. The minimum absolute atomic E-state index is 0.288. The molecule has 2 N–H and O–H groups in total. The molecule has 79 heavy (non-hydrogen) atoms. The van der Waals surface area contributed by atoms with Gasteiger partial charge in [0.15, 0.2) is 0 Å². The summed E-state index contributed by atoms with van der Waals surface area (Å²) in [6.45, 7) is 0. The summed E-state index contributed by atoms with van der Waals surface area (Å²) >= 11 is 0. The van der Waals surface area contributed by atoms with E-state index in [1.54, 1.807) is 162 Å². The van der Waals surface area contributed by atoms with Crippen LogP contribution in [-0.2, 0) is 16.2 Å². The van der Waals surface area contributed by atoms with Crippen LogP contribution in [0.2, 0.25) is 0 Å². The van der Waals surface area contributed by atoms with Crippen molar-refractivity contribution in [1.82, 2.24) is 0 Å². The highest BCUT2D eigenvalue weighted by Gasteiger charge is 2.95. The quantitative estimate of drug-likeness (QED) is 0.172. The van der Waals surface area contributed by atoms with E-state index in [0.29, 0.717) is 0 Å². The van der Waals surface area contributed by atoms with Crippen molar-refractivity contribution in [2.24, 2.45) is 0 Å². The minimum atomic E-state index is -0.923. The van der Waals surface area contributed by atoms with Crippen molar-refractivity contribution in [2.75, 3.05) is 0 Å². The van der Waals surface area contributed by atoms with Crippen molar-refractivity contribution in [3.8, 4) is 0 Å². The molecule has 0 amide bonds. The highest BCUT2D eigenvalue weighted by molar-refractivity contribution is 6.82. The van der Waals surface area contributed by atoms with E-state index in [0.717, 1.165) is 11.1 Å². The zero-order valence-corrected chi connectivity index (χ0v) is 39.8. The first-order valence-corrected chi connectivity index (χ1v) is 28.5. The molecule has 30 aromatic carbocycles. The maximum Gasteiger partial charge on any atom is 0.335 e. The average Bonchev–Trinajstić information content (AvgIpc) is 1.37. The van der Waals surface area contributed by atoms with E-state index in [4.69, 9.17) is 0 Å². The van der Waals surface area contributed by atoms with Gasteiger partial charge in [0.05, 0.1) is 27.4 Å². The lowest BCUT2D eigenvalue weighted by Gasteiger charge is -2.32. The number of carbonyl (C=O) groups is 2. The SMILES string of the molecule is O=C(O)c1ccc(C2(c3ccc(C(=O)O)cc3)C34c5c6c7c8c9c%10c(c%11c%12c3c3c5c5c%13c6c6c7c7c9c9c%14c%10c%10c%11c%11c%12c%12c3c3c5c5c%13c%13c6c6c7c9c7c9c%14c%10c%10c%11c%11c%12c3c3c5c5c%13c6c7c6c9c%10c%11c3c56)C824)cc1. The third kappa shape index (κ3) is 1.68. The summed E-state index contributed by atoms with van der Waals surface area (Å²) in [5, 5.41) is 105. The average molecular weight is 975 g/mol. The lowest BCUT2D eigenvalue weighted by atomic mass is 9.68. The first kappa shape index (κ1) is 30.5.